The molecule has 0 spiro atoms. The summed E-state index contributed by atoms with van der Waals surface area (Å²) in [5, 5.41) is 12.8. The van der Waals surface area contributed by atoms with Gasteiger partial charge in [-0.3, -0.25) is 4.79 Å². The number of carboxylic acid groups (broad SMARTS) is 1. The molecule has 3 rings (SSSR count). The highest BCUT2D eigenvalue weighted by Crippen LogP contribution is 2.27. The molecule has 0 heterocycles. The molecule has 2 N–H and O–H groups in total. The van der Waals surface area contributed by atoms with Crippen molar-refractivity contribution in [3.63, 3.8) is 0 Å². The minimum atomic E-state index is -1.02. The predicted molar refractivity (Wildman–Crippen MR) is 111 cm³/mol. The molecular weight excluding hydrogens is 354 g/mol. The molecule has 0 aromatic heterocycles. The third-order valence-electron chi connectivity index (χ3n) is 6.55. The van der Waals surface area contributed by atoms with Gasteiger partial charge in [0.25, 0.3) is 0 Å². The lowest BCUT2D eigenvalue weighted by Gasteiger charge is -2.30. The van der Waals surface area contributed by atoms with Crippen LogP contribution in [0.15, 0.2) is 0 Å². The molecule has 28 heavy (non-hydrogen) atoms. The molecular formula is C23H41NO4. The Morgan fingerprint density at radius 3 is 1.54 bits per heavy atom. The summed E-state index contributed by atoms with van der Waals surface area (Å²) in [4.78, 5) is 21.8. The zero-order valence-corrected chi connectivity index (χ0v) is 17.8. The molecule has 5 nitrogen and oxygen atoms in total. The Morgan fingerprint density at radius 2 is 1.14 bits per heavy atom. The van der Waals surface area contributed by atoms with Crippen molar-refractivity contribution in [3.05, 3.63) is 0 Å². The number of carbonyl (C=O) groups excluding carboxylic acids is 1. The Balaban J connectivity index is 0.000000202. The first kappa shape index (κ1) is 23.2. The van der Waals surface area contributed by atoms with Crippen LogP contribution in [0.25, 0.3) is 0 Å². The minimum Gasteiger partial charge on any atom is -0.478 e. The molecule has 3 aliphatic carbocycles. The Labute approximate surface area is 171 Å². The van der Waals surface area contributed by atoms with Crippen LogP contribution in [0.5, 0.6) is 0 Å². The van der Waals surface area contributed by atoms with Crippen LogP contribution in [-0.2, 0) is 14.3 Å². The van der Waals surface area contributed by atoms with Gasteiger partial charge < -0.3 is 15.2 Å². The molecule has 0 aliphatic heterocycles. The molecule has 3 saturated carbocycles. The number of rotatable bonds is 5. The van der Waals surface area contributed by atoms with E-state index >= 15 is 0 Å². The molecule has 1 atom stereocenters. The monoisotopic (exact) mass is 395 g/mol. The van der Waals surface area contributed by atoms with E-state index in [-0.39, 0.29) is 5.92 Å². The third kappa shape index (κ3) is 8.93. The van der Waals surface area contributed by atoms with E-state index in [1.807, 2.05) is 0 Å². The van der Waals surface area contributed by atoms with Gasteiger partial charge in [-0.25, -0.2) is 4.79 Å². The molecule has 0 aromatic rings. The minimum absolute atomic E-state index is 0.00565. The first-order chi connectivity index (χ1) is 13.6. The highest BCUT2D eigenvalue weighted by atomic mass is 16.6. The first-order valence-electron chi connectivity index (χ1n) is 11.7. The summed E-state index contributed by atoms with van der Waals surface area (Å²) in [6, 6.07) is 1.74. The van der Waals surface area contributed by atoms with E-state index in [0.29, 0.717) is 0 Å². The molecule has 0 radical (unpaired) electrons. The molecule has 3 fully saturated rings. The zero-order chi connectivity index (χ0) is 20.2. The summed E-state index contributed by atoms with van der Waals surface area (Å²) in [6.07, 6.45) is 19.7. The fraction of sp³-hybridized carbons (Fsp3) is 0.913. The lowest BCUT2D eigenvalue weighted by molar-refractivity contribution is -0.166. The van der Waals surface area contributed by atoms with Gasteiger partial charge in [-0.15, -0.1) is 0 Å². The van der Waals surface area contributed by atoms with Gasteiger partial charge >= 0.3 is 11.9 Å². The van der Waals surface area contributed by atoms with Gasteiger partial charge in [0.1, 0.15) is 0 Å². The number of ether oxygens (including phenoxy) is 1. The van der Waals surface area contributed by atoms with Crippen LogP contribution in [0.2, 0.25) is 0 Å². The third-order valence-corrected chi connectivity index (χ3v) is 6.55. The molecule has 1 unspecified atom stereocenters. The van der Waals surface area contributed by atoms with Gasteiger partial charge in [-0.2, -0.15) is 0 Å². The van der Waals surface area contributed by atoms with Crippen molar-refractivity contribution in [2.45, 2.75) is 128 Å². The quantitative estimate of drug-likeness (QED) is 0.493. The second-order valence-electron chi connectivity index (χ2n) is 8.96. The second kappa shape index (κ2) is 13.2. The van der Waals surface area contributed by atoms with Crippen molar-refractivity contribution in [2.75, 3.05) is 0 Å². The second-order valence-corrected chi connectivity index (χ2v) is 8.96. The maximum Gasteiger partial charge on any atom is 0.345 e. The summed E-state index contributed by atoms with van der Waals surface area (Å²) < 4.78 is 4.87. The molecule has 5 heteroatoms. The number of carboxylic acids is 1. The van der Waals surface area contributed by atoms with E-state index in [2.05, 4.69) is 5.32 Å². The van der Waals surface area contributed by atoms with Crippen LogP contribution in [-0.4, -0.2) is 35.2 Å². The highest BCUT2D eigenvalue weighted by Gasteiger charge is 2.31. The first-order valence-corrected chi connectivity index (χ1v) is 11.7. The Hall–Kier alpha value is -1.10. The van der Waals surface area contributed by atoms with Crippen molar-refractivity contribution in [1.29, 1.82) is 0 Å². The van der Waals surface area contributed by atoms with E-state index in [4.69, 9.17) is 9.84 Å². The Bertz CT molecular complexity index is 432. The maximum atomic E-state index is 11.0. The normalized spacial score (nSPS) is 23.8. The van der Waals surface area contributed by atoms with E-state index in [1.54, 1.807) is 0 Å². The number of aliphatic carboxylic acids is 1. The van der Waals surface area contributed by atoms with Crippen molar-refractivity contribution in [2.24, 2.45) is 5.92 Å². The van der Waals surface area contributed by atoms with Crippen molar-refractivity contribution in [3.8, 4) is 0 Å². The molecule has 0 aromatic carbocycles. The smallest absolute Gasteiger partial charge is 0.345 e. The molecule has 0 saturated heterocycles. The number of hydrogen-bond donors (Lipinski definition) is 2. The van der Waals surface area contributed by atoms with Gasteiger partial charge in [0.05, 0.1) is 0 Å². The number of carbonyl (C=O) groups is 2. The lowest BCUT2D eigenvalue weighted by Crippen LogP contribution is -2.40. The molecule has 3 aliphatic rings. The largest absolute Gasteiger partial charge is 0.478 e. The van der Waals surface area contributed by atoms with Crippen LogP contribution in [0.1, 0.15) is 110 Å². The van der Waals surface area contributed by atoms with E-state index in [0.717, 1.165) is 50.6 Å². The molecule has 0 amide bonds. The van der Waals surface area contributed by atoms with Crippen LogP contribution in [0.4, 0.5) is 0 Å². The van der Waals surface area contributed by atoms with Crippen LogP contribution < -0.4 is 5.32 Å². The highest BCUT2D eigenvalue weighted by molar-refractivity contribution is 5.77. The number of esters is 1. The lowest BCUT2D eigenvalue weighted by atomic mass is 9.91. The molecule has 0 bridgehead atoms. The SMILES string of the molecule is C1CCC(NC2CCCCC2)CC1.CC(=O)OC(C(=O)O)C1CCCCCC1. The van der Waals surface area contributed by atoms with Gasteiger partial charge in [-0.05, 0) is 38.5 Å². The van der Waals surface area contributed by atoms with E-state index in [1.165, 1.54) is 71.1 Å². The topological polar surface area (TPSA) is 75.6 Å². The van der Waals surface area contributed by atoms with Gasteiger partial charge in [-0.1, -0.05) is 64.2 Å². The number of hydrogen-bond acceptors (Lipinski definition) is 4. The average Bonchev–Trinajstić information content (AvgIpc) is 2.97. The van der Waals surface area contributed by atoms with Gasteiger partial charge in [0.2, 0.25) is 6.10 Å². The van der Waals surface area contributed by atoms with E-state index < -0.39 is 18.0 Å². The van der Waals surface area contributed by atoms with Crippen molar-refractivity contribution >= 4 is 11.9 Å². The summed E-state index contributed by atoms with van der Waals surface area (Å²) in [7, 11) is 0. The fourth-order valence-electron chi connectivity index (χ4n) is 5.01. The van der Waals surface area contributed by atoms with E-state index in [9.17, 15) is 9.59 Å². The zero-order valence-electron chi connectivity index (χ0n) is 17.8. The average molecular weight is 396 g/mol. The Morgan fingerprint density at radius 1 is 0.750 bits per heavy atom. The van der Waals surface area contributed by atoms with Crippen LogP contribution in [0, 0.1) is 5.92 Å². The van der Waals surface area contributed by atoms with Crippen molar-refractivity contribution < 1.29 is 19.4 Å². The summed E-state index contributed by atoms with van der Waals surface area (Å²) >= 11 is 0. The Kier molecular flexibility index (Phi) is 10.9. The van der Waals surface area contributed by atoms with Gasteiger partial charge in [0.15, 0.2) is 0 Å². The maximum absolute atomic E-state index is 11.0. The fourth-order valence-corrected chi connectivity index (χ4v) is 5.01. The predicted octanol–water partition coefficient (Wildman–Crippen LogP) is 5.21. The van der Waals surface area contributed by atoms with Crippen LogP contribution in [0.3, 0.4) is 0 Å². The summed E-state index contributed by atoms with van der Waals surface area (Å²) in [6.45, 7) is 1.26. The standard InChI is InChI=1S/C12H23N.C11H18O4/c1-3-7-11(8-4-1)13-12-9-5-2-6-10-12;1-8(12)15-10(11(13)14)9-6-4-2-3-5-7-9/h11-13H,1-10H2;9-10H,2-7H2,1H3,(H,13,14). The van der Waals surface area contributed by atoms with Crippen molar-refractivity contribution in [1.82, 2.24) is 5.32 Å². The summed E-state index contributed by atoms with van der Waals surface area (Å²) in [5.74, 6) is -1.53. The van der Waals surface area contributed by atoms with Gasteiger partial charge in [0, 0.05) is 24.9 Å². The number of nitrogens with one attached hydrogen (secondary N) is 1. The molecule has 162 valence electrons. The van der Waals surface area contributed by atoms with Crippen LogP contribution >= 0.6 is 0 Å². The summed E-state index contributed by atoms with van der Waals surface area (Å²) in [5.41, 5.74) is 0.